The van der Waals surface area contributed by atoms with Crippen LogP contribution in [0, 0.1) is 5.92 Å². The molecule has 0 unspecified atom stereocenters. The SMILES string of the molecule is O=C(Nc1ccccc1C(F)(F)F)[C@H]1CCCN(Cc2nc3ccccc3n2-c2ccc(Br)cc2)C1. The lowest BCUT2D eigenvalue weighted by molar-refractivity contribution is -0.137. The number of carbonyl (C=O) groups is 1. The highest BCUT2D eigenvalue weighted by Crippen LogP contribution is 2.35. The Morgan fingerprint density at radius 2 is 1.75 bits per heavy atom. The normalized spacial score (nSPS) is 16.8. The maximum Gasteiger partial charge on any atom is 0.418 e. The first-order chi connectivity index (χ1) is 17.3. The number of amides is 1. The van der Waals surface area contributed by atoms with E-state index in [9.17, 15) is 18.0 Å². The fraction of sp³-hybridized carbons (Fsp3) is 0.259. The summed E-state index contributed by atoms with van der Waals surface area (Å²) < 4.78 is 43.2. The Morgan fingerprint density at radius 3 is 2.53 bits per heavy atom. The number of aromatic nitrogens is 2. The summed E-state index contributed by atoms with van der Waals surface area (Å²) in [5.41, 5.74) is 1.81. The van der Waals surface area contributed by atoms with Gasteiger partial charge >= 0.3 is 6.18 Å². The summed E-state index contributed by atoms with van der Waals surface area (Å²) in [6.45, 7) is 1.75. The highest BCUT2D eigenvalue weighted by Gasteiger charge is 2.34. The van der Waals surface area contributed by atoms with Gasteiger partial charge in [-0.05, 0) is 67.9 Å². The molecule has 1 amide bonds. The van der Waals surface area contributed by atoms with E-state index in [1.807, 2.05) is 48.5 Å². The van der Waals surface area contributed by atoms with Crippen molar-refractivity contribution in [3.8, 4) is 5.69 Å². The maximum absolute atomic E-state index is 13.4. The lowest BCUT2D eigenvalue weighted by Crippen LogP contribution is -2.40. The van der Waals surface area contributed by atoms with E-state index in [2.05, 4.69) is 30.7 Å². The van der Waals surface area contributed by atoms with E-state index >= 15 is 0 Å². The van der Waals surface area contributed by atoms with Crippen LogP contribution in [0.2, 0.25) is 0 Å². The van der Waals surface area contributed by atoms with Crippen LogP contribution in [0.4, 0.5) is 18.9 Å². The number of likely N-dealkylation sites (tertiary alicyclic amines) is 1. The third kappa shape index (κ3) is 5.17. The van der Waals surface area contributed by atoms with Crippen molar-refractivity contribution >= 4 is 38.6 Å². The zero-order valence-electron chi connectivity index (χ0n) is 19.3. The number of rotatable bonds is 5. The molecule has 5 nitrogen and oxygen atoms in total. The van der Waals surface area contributed by atoms with E-state index < -0.39 is 23.6 Å². The summed E-state index contributed by atoms with van der Waals surface area (Å²) in [4.78, 5) is 20.0. The van der Waals surface area contributed by atoms with Crippen molar-refractivity contribution in [2.24, 2.45) is 5.92 Å². The number of hydrogen-bond donors (Lipinski definition) is 1. The van der Waals surface area contributed by atoms with Crippen LogP contribution in [-0.2, 0) is 17.5 Å². The van der Waals surface area contributed by atoms with Gasteiger partial charge in [0.1, 0.15) is 5.82 Å². The molecule has 36 heavy (non-hydrogen) atoms. The topological polar surface area (TPSA) is 50.2 Å². The lowest BCUT2D eigenvalue weighted by Gasteiger charge is -2.32. The molecule has 5 rings (SSSR count). The van der Waals surface area contributed by atoms with Crippen LogP contribution >= 0.6 is 15.9 Å². The van der Waals surface area contributed by atoms with Gasteiger partial charge in [0.15, 0.2) is 0 Å². The molecule has 1 atom stereocenters. The molecule has 1 N–H and O–H groups in total. The first-order valence-electron chi connectivity index (χ1n) is 11.7. The minimum atomic E-state index is -4.53. The molecule has 0 bridgehead atoms. The molecule has 0 aliphatic carbocycles. The predicted octanol–water partition coefficient (Wildman–Crippen LogP) is 6.66. The number of imidazole rings is 1. The number of nitrogens with zero attached hydrogens (tertiary/aromatic N) is 3. The molecule has 4 aromatic rings. The Hall–Kier alpha value is -3.17. The molecular weight excluding hydrogens is 533 g/mol. The van der Waals surface area contributed by atoms with E-state index in [1.165, 1.54) is 18.2 Å². The minimum absolute atomic E-state index is 0.204. The van der Waals surface area contributed by atoms with Crippen LogP contribution in [0.25, 0.3) is 16.7 Å². The number of piperidine rings is 1. The van der Waals surface area contributed by atoms with Crippen molar-refractivity contribution in [3.05, 3.63) is 88.7 Å². The van der Waals surface area contributed by atoms with Crippen molar-refractivity contribution in [2.75, 3.05) is 18.4 Å². The van der Waals surface area contributed by atoms with Gasteiger partial charge in [-0.2, -0.15) is 13.2 Å². The van der Waals surface area contributed by atoms with E-state index in [4.69, 9.17) is 4.98 Å². The third-order valence-electron chi connectivity index (χ3n) is 6.45. The van der Waals surface area contributed by atoms with E-state index in [0.29, 0.717) is 19.5 Å². The van der Waals surface area contributed by atoms with Gasteiger partial charge in [-0.25, -0.2) is 4.98 Å². The average molecular weight is 557 g/mol. The Labute approximate surface area is 215 Å². The number of fused-ring (bicyclic) bond motifs is 1. The fourth-order valence-corrected chi connectivity index (χ4v) is 5.01. The first kappa shape index (κ1) is 24.5. The number of carbonyl (C=O) groups excluding carboxylic acids is 1. The molecule has 1 saturated heterocycles. The predicted molar refractivity (Wildman–Crippen MR) is 137 cm³/mol. The zero-order chi connectivity index (χ0) is 25.3. The summed E-state index contributed by atoms with van der Waals surface area (Å²) in [5.74, 6) is 0.0466. The second kappa shape index (κ2) is 10.1. The first-order valence-corrected chi connectivity index (χ1v) is 12.5. The molecule has 1 aliphatic rings. The van der Waals surface area contributed by atoms with Gasteiger partial charge in [-0.3, -0.25) is 14.3 Å². The van der Waals surface area contributed by atoms with Crippen LogP contribution < -0.4 is 5.32 Å². The molecule has 0 radical (unpaired) electrons. The summed E-state index contributed by atoms with van der Waals surface area (Å²) >= 11 is 3.48. The molecule has 1 aromatic heterocycles. The number of alkyl halides is 3. The van der Waals surface area contributed by atoms with Gasteiger partial charge in [-0.1, -0.05) is 40.2 Å². The molecular formula is C27H24BrF3N4O. The summed E-state index contributed by atoms with van der Waals surface area (Å²) in [6, 6.07) is 21.0. The van der Waals surface area contributed by atoms with Gasteiger partial charge in [0, 0.05) is 16.7 Å². The quantitative estimate of drug-likeness (QED) is 0.299. The van der Waals surface area contributed by atoms with Gasteiger partial charge in [-0.15, -0.1) is 0 Å². The number of nitrogens with one attached hydrogen (secondary N) is 1. The van der Waals surface area contributed by atoms with Crippen molar-refractivity contribution < 1.29 is 18.0 Å². The second-order valence-electron chi connectivity index (χ2n) is 8.94. The Bertz CT molecular complexity index is 1380. The van der Waals surface area contributed by atoms with E-state index in [-0.39, 0.29) is 5.69 Å². The summed E-state index contributed by atoms with van der Waals surface area (Å²) in [6.07, 6.45) is -3.13. The number of hydrogen-bond acceptors (Lipinski definition) is 3. The molecule has 1 fully saturated rings. The molecule has 3 aromatic carbocycles. The molecule has 0 saturated carbocycles. The summed E-state index contributed by atoms with van der Waals surface area (Å²) in [5, 5.41) is 2.52. The molecule has 2 heterocycles. The van der Waals surface area contributed by atoms with Gasteiger partial charge in [0.25, 0.3) is 0 Å². The van der Waals surface area contributed by atoms with Crippen LogP contribution in [0.3, 0.4) is 0 Å². The lowest BCUT2D eigenvalue weighted by atomic mass is 9.96. The van der Waals surface area contributed by atoms with Crippen LogP contribution in [-0.4, -0.2) is 33.4 Å². The smallest absolute Gasteiger partial charge is 0.325 e. The van der Waals surface area contributed by atoms with Gasteiger partial charge in [0.05, 0.1) is 34.7 Å². The second-order valence-corrected chi connectivity index (χ2v) is 9.85. The maximum atomic E-state index is 13.4. The molecule has 9 heteroatoms. The van der Waals surface area contributed by atoms with Crippen molar-refractivity contribution in [1.82, 2.24) is 14.5 Å². The third-order valence-corrected chi connectivity index (χ3v) is 6.98. The largest absolute Gasteiger partial charge is 0.418 e. The van der Waals surface area contributed by atoms with Gasteiger partial charge in [0.2, 0.25) is 5.91 Å². The van der Waals surface area contributed by atoms with Crippen LogP contribution in [0.15, 0.2) is 77.3 Å². The number of anilines is 1. The highest BCUT2D eigenvalue weighted by atomic mass is 79.9. The Balaban J connectivity index is 1.36. The van der Waals surface area contributed by atoms with Crippen molar-refractivity contribution in [1.29, 1.82) is 0 Å². The zero-order valence-corrected chi connectivity index (χ0v) is 20.9. The average Bonchev–Trinajstić information content (AvgIpc) is 3.22. The van der Waals surface area contributed by atoms with Crippen molar-refractivity contribution in [2.45, 2.75) is 25.6 Å². The summed E-state index contributed by atoms with van der Waals surface area (Å²) in [7, 11) is 0. The minimum Gasteiger partial charge on any atom is -0.325 e. The highest BCUT2D eigenvalue weighted by molar-refractivity contribution is 9.10. The number of para-hydroxylation sites is 3. The van der Waals surface area contributed by atoms with Crippen molar-refractivity contribution in [3.63, 3.8) is 0 Å². The molecule has 186 valence electrons. The van der Waals surface area contributed by atoms with Crippen LogP contribution in [0.1, 0.15) is 24.2 Å². The number of halogens is 4. The molecule has 1 aliphatic heterocycles. The monoisotopic (exact) mass is 556 g/mol. The Morgan fingerprint density at radius 1 is 1.03 bits per heavy atom. The van der Waals surface area contributed by atoms with E-state index in [0.717, 1.165) is 46.0 Å². The standard InChI is InChI=1S/C27H24BrF3N4O/c28-19-11-13-20(14-12-19)35-24-10-4-3-9-23(24)32-25(35)17-34-15-5-6-18(16-34)26(36)33-22-8-2-1-7-21(22)27(29,30)31/h1-4,7-14,18H,5-6,15-17H2,(H,33,36)/t18-/m0/s1. The van der Waals surface area contributed by atoms with E-state index in [1.54, 1.807) is 0 Å². The van der Waals surface area contributed by atoms with Crippen LogP contribution in [0.5, 0.6) is 0 Å². The van der Waals surface area contributed by atoms with Gasteiger partial charge < -0.3 is 5.32 Å². The Kier molecular flexibility index (Phi) is 6.85. The molecule has 0 spiro atoms. The number of benzene rings is 3. The fourth-order valence-electron chi connectivity index (χ4n) is 4.75.